The molecule has 2 aliphatic heterocycles. The Kier molecular flexibility index (Phi) is 14.5. The Morgan fingerprint density at radius 3 is 2.44 bits per heavy atom. The van der Waals surface area contributed by atoms with Crippen LogP contribution in [0.3, 0.4) is 0 Å². The van der Waals surface area contributed by atoms with E-state index in [1.165, 1.54) is 31.9 Å². The lowest BCUT2D eigenvalue weighted by Gasteiger charge is -2.40. The Labute approximate surface area is 293 Å². The van der Waals surface area contributed by atoms with E-state index in [-0.39, 0.29) is 55.2 Å². The summed E-state index contributed by atoms with van der Waals surface area (Å²) in [6.07, 6.45) is -1.15. The molecule has 276 valence electrons. The number of carbonyl (C=O) groups excluding carboxylic acids is 2. The number of aliphatic hydroxyl groups excluding tert-OH is 4. The molecule has 2 aliphatic rings. The third kappa shape index (κ3) is 10.4. The van der Waals surface area contributed by atoms with Crippen LogP contribution in [0.2, 0.25) is 0 Å². The minimum atomic E-state index is -1.64. The van der Waals surface area contributed by atoms with Gasteiger partial charge in [-0.2, -0.15) is 0 Å². The molecule has 0 spiro atoms. The number of benzene rings is 2. The summed E-state index contributed by atoms with van der Waals surface area (Å²) in [6.45, 7) is 5.86. The first kappa shape index (κ1) is 39.1. The first-order chi connectivity index (χ1) is 23.9. The van der Waals surface area contributed by atoms with Crippen LogP contribution in [0.5, 0.6) is 23.0 Å². The maximum atomic E-state index is 13.0. The summed E-state index contributed by atoms with van der Waals surface area (Å²) in [4.78, 5) is 25.6. The highest BCUT2D eigenvalue weighted by Crippen LogP contribution is 2.40. The van der Waals surface area contributed by atoms with Crippen molar-refractivity contribution in [2.45, 2.75) is 103 Å². The van der Waals surface area contributed by atoms with Crippen LogP contribution in [0.1, 0.15) is 87.7 Å². The van der Waals surface area contributed by atoms with E-state index >= 15 is 0 Å². The fourth-order valence-corrected chi connectivity index (χ4v) is 6.21. The number of methoxy groups -OCH3 is 2. The second kappa shape index (κ2) is 18.5. The molecule has 0 amide bonds. The molecule has 0 aromatic heterocycles. The van der Waals surface area contributed by atoms with Crippen molar-refractivity contribution in [3.8, 4) is 23.0 Å². The molecule has 2 aromatic rings. The number of hydrogen-bond acceptors (Lipinski definition) is 12. The Morgan fingerprint density at radius 2 is 1.74 bits per heavy atom. The lowest BCUT2D eigenvalue weighted by molar-refractivity contribution is -0.278. The first-order valence-electron chi connectivity index (χ1n) is 17.3. The van der Waals surface area contributed by atoms with Crippen molar-refractivity contribution in [1.29, 1.82) is 0 Å². The van der Waals surface area contributed by atoms with E-state index in [1.54, 1.807) is 24.3 Å². The van der Waals surface area contributed by atoms with Gasteiger partial charge in [0.25, 0.3) is 0 Å². The van der Waals surface area contributed by atoms with Gasteiger partial charge in [-0.15, -0.1) is 0 Å². The van der Waals surface area contributed by atoms with Gasteiger partial charge in [-0.25, -0.2) is 0 Å². The van der Waals surface area contributed by atoms with Gasteiger partial charge in [0, 0.05) is 19.1 Å². The SMILES string of the molecule is COc1ccc(C2CC(=O)c3ccc(OC4OC(COC(=O)CC(C)CCCC(CO)CCC=C(C)C)C(O)C(O)C4O)cc3O2)cc1OC. The zero-order chi connectivity index (χ0) is 36.4. The van der Waals surface area contributed by atoms with Crippen LogP contribution >= 0.6 is 0 Å². The molecule has 2 aromatic carbocycles. The van der Waals surface area contributed by atoms with Gasteiger partial charge in [0.2, 0.25) is 6.29 Å². The predicted molar refractivity (Wildman–Crippen MR) is 183 cm³/mol. The van der Waals surface area contributed by atoms with Gasteiger partial charge in [0.05, 0.1) is 26.2 Å². The number of rotatable bonds is 17. The molecule has 0 radical (unpaired) electrons. The number of allylic oxidation sites excluding steroid dienone is 2. The average Bonchev–Trinajstić information content (AvgIpc) is 3.09. The highest BCUT2D eigenvalue weighted by Gasteiger charge is 2.45. The summed E-state index contributed by atoms with van der Waals surface area (Å²) < 4.78 is 33.9. The summed E-state index contributed by atoms with van der Waals surface area (Å²) in [5, 5.41) is 41.5. The van der Waals surface area contributed by atoms with Crippen molar-refractivity contribution in [1.82, 2.24) is 0 Å². The number of fused-ring (bicyclic) bond motifs is 1. The molecular weight excluding hydrogens is 648 g/mol. The van der Waals surface area contributed by atoms with Crippen molar-refractivity contribution in [3.05, 3.63) is 59.2 Å². The van der Waals surface area contributed by atoms with Crippen molar-refractivity contribution in [2.75, 3.05) is 27.4 Å². The largest absolute Gasteiger partial charge is 0.493 e. The lowest BCUT2D eigenvalue weighted by atomic mass is 9.93. The molecule has 0 saturated carbocycles. The molecule has 0 aliphatic carbocycles. The van der Waals surface area contributed by atoms with Crippen LogP contribution in [0.4, 0.5) is 0 Å². The average molecular weight is 701 g/mol. The molecule has 8 atom stereocenters. The van der Waals surface area contributed by atoms with Crippen LogP contribution in [0, 0.1) is 11.8 Å². The highest BCUT2D eigenvalue weighted by atomic mass is 16.7. The zero-order valence-corrected chi connectivity index (χ0v) is 29.6. The van der Waals surface area contributed by atoms with E-state index in [2.05, 4.69) is 19.9 Å². The van der Waals surface area contributed by atoms with E-state index in [4.69, 9.17) is 28.4 Å². The van der Waals surface area contributed by atoms with Crippen molar-refractivity contribution in [2.24, 2.45) is 11.8 Å². The Bertz CT molecular complexity index is 1450. The molecule has 4 rings (SSSR count). The van der Waals surface area contributed by atoms with Crippen molar-refractivity contribution < 1.29 is 58.4 Å². The quantitative estimate of drug-likeness (QED) is 0.133. The fraction of sp³-hybridized carbons (Fsp3) is 0.579. The van der Waals surface area contributed by atoms with Crippen LogP contribution in [-0.2, 0) is 14.3 Å². The van der Waals surface area contributed by atoms with Gasteiger partial charge in [0.1, 0.15) is 48.6 Å². The van der Waals surface area contributed by atoms with Gasteiger partial charge in [0.15, 0.2) is 17.3 Å². The molecule has 12 heteroatoms. The van der Waals surface area contributed by atoms with Gasteiger partial charge in [-0.05, 0) is 74.8 Å². The van der Waals surface area contributed by atoms with Gasteiger partial charge in [-0.1, -0.05) is 37.5 Å². The molecule has 4 N–H and O–H groups in total. The zero-order valence-electron chi connectivity index (χ0n) is 29.6. The molecule has 0 bridgehead atoms. The minimum Gasteiger partial charge on any atom is -0.493 e. The predicted octanol–water partition coefficient (Wildman–Crippen LogP) is 4.69. The Balaban J connectivity index is 1.31. The number of hydrogen-bond donors (Lipinski definition) is 4. The second-order valence-electron chi connectivity index (χ2n) is 13.5. The molecule has 1 fully saturated rings. The van der Waals surface area contributed by atoms with Crippen molar-refractivity contribution in [3.63, 3.8) is 0 Å². The number of Topliss-reactive ketones (excluding diaryl/α,β-unsaturated/α-hetero) is 1. The van der Waals surface area contributed by atoms with E-state index < -0.39 is 42.8 Å². The topological polar surface area (TPSA) is 170 Å². The van der Waals surface area contributed by atoms with E-state index in [1.807, 2.05) is 6.92 Å². The summed E-state index contributed by atoms with van der Waals surface area (Å²) in [5.41, 5.74) is 2.34. The number of ether oxygens (including phenoxy) is 6. The molecule has 1 saturated heterocycles. The Hall–Kier alpha value is -3.68. The van der Waals surface area contributed by atoms with E-state index in [9.17, 15) is 30.0 Å². The third-order valence-electron chi connectivity index (χ3n) is 9.21. The molecule has 2 heterocycles. The maximum absolute atomic E-state index is 13.0. The number of aliphatic hydroxyl groups is 4. The normalized spacial score (nSPS) is 24.3. The number of esters is 1. The van der Waals surface area contributed by atoms with Crippen molar-refractivity contribution >= 4 is 11.8 Å². The van der Waals surface area contributed by atoms with Gasteiger partial charge in [-0.3, -0.25) is 9.59 Å². The molecule has 8 unspecified atom stereocenters. The summed E-state index contributed by atoms with van der Waals surface area (Å²) in [7, 11) is 3.05. The first-order valence-corrected chi connectivity index (χ1v) is 17.3. The highest BCUT2D eigenvalue weighted by molar-refractivity contribution is 6.00. The smallest absolute Gasteiger partial charge is 0.306 e. The molecule has 12 nitrogen and oxygen atoms in total. The second-order valence-corrected chi connectivity index (χ2v) is 13.5. The Morgan fingerprint density at radius 1 is 0.980 bits per heavy atom. The lowest BCUT2D eigenvalue weighted by Crippen LogP contribution is -2.60. The van der Waals surface area contributed by atoms with E-state index in [0.717, 1.165) is 32.1 Å². The fourth-order valence-electron chi connectivity index (χ4n) is 6.21. The third-order valence-corrected chi connectivity index (χ3v) is 9.21. The van der Waals surface area contributed by atoms with Crippen LogP contribution in [-0.4, -0.2) is 90.3 Å². The monoisotopic (exact) mass is 700 g/mol. The molecule has 50 heavy (non-hydrogen) atoms. The van der Waals surface area contributed by atoms with Gasteiger partial charge >= 0.3 is 5.97 Å². The van der Waals surface area contributed by atoms with Gasteiger partial charge < -0.3 is 48.8 Å². The maximum Gasteiger partial charge on any atom is 0.306 e. The molecular formula is C38H52O12. The standard InChI is InChI=1S/C38H52O12/c1-22(2)8-6-10-24(20-39)11-7-9-23(3)16-34(41)47-21-33-35(42)36(43)37(44)38(50-33)48-26-13-14-27-28(40)19-30(49-31(27)18-26)25-12-15-29(45-4)32(17-25)46-5/h8,12-15,17-18,23-24,30,33,35-39,42-44H,6-7,9-11,16,19-21H2,1-5H3. The summed E-state index contributed by atoms with van der Waals surface area (Å²) in [6, 6.07) is 9.84. The number of carbonyl (C=O) groups is 2. The summed E-state index contributed by atoms with van der Waals surface area (Å²) in [5.74, 6) is 1.15. The number of ketones is 1. The minimum absolute atomic E-state index is 0.0461. The van der Waals surface area contributed by atoms with Crippen LogP contribution in [0.15, 0.2) is 48.0 Å². The van der Waals surface area contributed by atoms with Crippen LogP contribution < -0.4 is 18.9 Å². The van der Waals surface area contributed by atoms with E-state index in [0.29, 0.717) is 22.6 Å². The van der Waals surface area contributed by atoms with Crippen LogP contribution in [0.25, 0.3) is 0 Å². The summed E-state index contributed by atoms with van der Waals surface area (Å²) >= 11 is 0.